The van der Waals surface area contributed by atoms with Crippen molar-refractivity contribution in [3.8, 4) is 0 Å². The van der Waals surface area contributed by atoms with Crippen LogP contribution in [0.25, 0.3) is 17.0 Å². The molecular weight excluding hydrogens is 383 g/mol. The quantitative estimate of drug-likeness (QED) is 0.443. The summed E-state index contributed by atoms with van der Waals surface area (Å²) in [7, 11) is 2.42. The number of nitrogens with zero attached hydrogens (tertiary/aromatic N) is 1. The highest BCUT2D eigenvalue weighted by Crippen LogP contribution is 2.31. The van der Waals surface area contributed by atoms with E-state index in [4.69, 9.17) is 0 Å². The SMILES string of the molecule is C=Cc1ccc(Cc2c(CCC)n(CC3CCNCC3)c3ccccc23)cc1.CP. The molecule has 0 spiro atoms. The third-order valence-corrected chi connectivity index (χ3v) is 6.18. The second-order valence-corrected chi connectivity index (χ2v) is 8.12. The smallest absolute Gasteiger partial charge is 0.0485 e. The Bertz CT molecular complexity index is 933. The van der Waals surface area contributed by atoms with Crippen LogP contribution < -0.4 is 5.32 Å². The van der Waals surface area contributed by atoms with Crippen molar-refractivity contribution in [2.75, 3.05) is 19.8 Å². The van der Waals surface area contributed by atoms with Crippen molar-refractivity contribution in [2.45, 2.75) is 45.6 Å². The number of hydrogen-bond donors (Lipinski definition) is 1. The Kier molecular flexibility index (Phi) is 8.73. The van der Waals surface area contributed by atoms with Gasteiger partial charge < -0.3 is 9.88 Å². The zero-order valence-electron chi connectivity index (χ0n) is 18.7. The number of para-hydroxylation sites is 1. The number of rotatable bonds is 7. The average molecular weight is 421 g/mol. The molecule has 0 aliphatic carbocycles. The number of nitrogens with one attached hydrogen (secondary N) is 1. The molecule has 1 aromatic heterocycles. The third kappa shape index (κ3) is 5.23. The molecule has 1 unspecified atom stereocenters. The molecule has 0 radical (unpaired) electrons. The van der Waals surface area contributed by atoms with E-state index in [1.165, 1.54) is 46.9 Å². The monoisotopic (exact) mass is 420 g/mol. The fraction of sp³-hybridized carbons (Fsp3) is 0.407. The molecule has 1 N–H and O–H groups in total. The average Bonchev–Trinajstić information content (AvgIpc) is 3.09. The molecule has 0 amide bonds. The predicted octanol–water partition coefficient (Wildman–Crippen LogP) is 6.32. The van der Waals surface area contributed by atoms with Gasteiger partial charge in [0.05, 0.1) is 0 Å². The first kappa shape index (κ1) is 22.8. The lowest BCUT2D eigenvalue weighted by Gasteiger charge is -2.25. The second kappa shape index (κ2) is 11.5. The van der Waals surface area contributed by atoms with Crippen LogP contribution in [0.3, 0.4) is 0 Å². The van der Waals surface area contributed by atoms with E-state index in [-0.39, 0.29) is 0 Å². The molecular formula is C27H37N2P. The highest BCUT2D eigenvalue weighted by atomic mass is 31.0. The molecule has 2 heterocycles. The molecule has 160 valence electrons. The molecule has 1 aliphatic heterocycles. The maximum atomic E-state index is 3.87. The minimum Gasteiger partial charge on any atom is -0.344 e. The summed E-state index contributed by atoms with van der Waals surface area (Å²) < 4.78 is 2.66. The van der Waals surface area contributed by atoms with E-state index in [0.717, 1.165) is 38.4 Å². The maximum absolute atomic E-state index is 3.87. The van der Waals surface area contributed by atoms with Crippen LogP contribution in [0, 0.1) is 5.92 Å². The van der Waals surface area contributed by atoms with Crippen molar-refractivity contribution < 1.29 is 0 Å². The zero-order chi connectivity index (χ0) is 21.3. The fourth-order valence-corrected chi connectivity index (χ4v) is 4.65. The predicted molar refractivity (Wildman–Crippen MR) is 136 cm³/mol. The lowest BCUT2D eigenvalue weighted by molar-refractivity contribution is 0.333. The minimum absolute atomic E-state index is 0.785. The Morgan fingerprint density at radius 2 is 1.77 bits per heavy atom. The van der Waals surface area contributed by atoms with Gasteiger partial charge in [0.25, 0.3) is 0 Å². The van der Waals surface area contributed by atoms with Crippen LogP contribution in [-0.4, -0.2) is 24.3 Å². The van der Waals surface area contributed by atoms with Crippen molar-refractivity contribution >= 4 is 26.2 Å². The first-order valence-corrected chi connectivity index (χ1v) is 12.5. The number of hydrogen-bond acceptors (Lipinski definition) is 1. The van der Waals surface area contributed by atoms with Gasteiger partial charge in [0, 0.05) is 23.1 Å². The lowest BCUT2D eigenvalue weighted by atomic mass is 9.97. The Hall–Kier alpha value is -1.89. The minimum atomic E-state index is 0.785. The van der Waals surface area contributed by atoms with Crippen molar-refractivity contribution in [3.05, 3.63) is 77.5 Å². The Balaban J connectivity index is 0.00000124. The van der Waals surface area contributed by atoms with Crippen LogP contribution in [-0.2, 0) is 19.4 Å². The van der Waals surface area contributed by atoms with Crippen LogP contribution in [0.2, 0.25) is 0 Å². The lowest BCUT2D eigenvalue weighted by Crippen LogP contribution is -2.30. The summed E-state index contributed by atoms with van der Waals surface area (Å²) in [6.07, 6.45) is 7.83. The Morgan fingerprint density at radius 1 is 1.07 bits per heavy atom. The molecule has 3 aromatic rings. The van der Waals surface area contributed by atoms with Crippen molar-refractivity contribution in [1.82, 2.24) is 9.88 Å². The molecule has 0 saturated carbocycles. The van der Waals surface area contributed by atoms with E-state index in [0.29, 0.717) is 0 Å². The van der Waals surface area contributed by atoms with Crippen molar-refractivity contribution in [2.24, 2.45) is 5.92 Å². The highest BCUT2D eigenvalue weighted by molar-refractivity contribution is 7.15. The molecule has 1 atom stereocenters. The Morgan fingerprint density at radius 3 is 2.43 bits per heavy atom. The van der Waals surface area contributed by atoms with E-state index >= 15 is 0 Å². The van der Waals surface area contributed by atoms with Gasteiger partial charge in [-0.15, -0.1) is 9.24 Å². The second-order valence-electron chi connectivity index (χ2n) is 8.12. The summed E-state index contributed by atoms with van der Waals surface area (Å²) in [6.45, 7) is 11.6. The summed E-state index contributed by atoms with van der Waals surface area (Å²) in [6, 6.07) is 17.9. The van der Waals surface area contributed by atoms with Gasteiger partial charge in [-0.25, -0.2) is 0 Å². The van der Waals surface area contributed by atoms with Crippen LogP contribution in [0.15, 0.2) is 55.1 Å². The van der Waals surface area contributed by atoms with Gasteiger partial charge in [-0.1, -0.05) is 75.1 Å². The van der Waals surface area contributed by atoms with E-state index in [1.807, 2.05) is 12.7 Å². The molecule has 0 bridgehead atoms. The van der Waals surface area contributed by atoms with Gasteiger partial charge in [0.15, 0.2) is 0 Å². The number of aromatic nitrogens is 1. The normalized spacial score (nSPS) is 14.4. The Labute approximate surface area is 185 Å². The number of benzene rings is 2. The van der Waals surface area contributed by atoms with Crippen LogP contribution in [0.1, 0.15) is 48.6 Å². The van der Waals surface area contributed by atoms with Gasteiger partial charge in [-0.2, -0.15) is 0 Å². The summed E-state index contributed by atoms with van der Waals surface area (Å²) in [4.78, 5) is 0. The van der Waals surface area contributed by atoms with Crippen LogP contribution in [0.4, 0.5) is 0 Å². The summed E-state index contributed by atoms with van der Waals surface area (Å²) in [5.41, 5.74) is 7.06. The maximum Gasteiger partial charge on any atom is 0.0485 e. The van der Waals surface area contributed by atoms with Crippen LogP contribution in [0.5, 0.6) is 0 Å². The molecule has 4 rings (SSSR count). The summed E-state index contributed by atoms with van der Waals surface area (Å²) in [5.74, 6) is 0.785. The van der Waals surface area contributed by atoms with Gasteiger partial charge in [-0.05, 0) is 67.4 Å². The fourth-order valence-electron chi connectivity index (χ4n) is 4.65. The zero-order valence-corrected chi connectivity index (χ0v) is 19.8. The molecule has 1 fully saturated rings. The third-order valence-electron chi connectivity index (χ3n) is 6.18. The van der Waals surface area contributed by atoms with Crippen molar-refractivity contribution in [1.29, 1.82) is 0 Å². The highest BCUT2D eigenvalue weighted by Gasteiger charge is 2.20. The molecule has 1 aliphatic rings. The van der Waals surface area contributed by atoms with E-state index in [9.17, 15) is 0 Å². The van der Waals surface area contributed by atoms with Gasteiger partial charge in [0.1, 0.15) is 0 Å². The summed E-state index contributed by atoms with van der Waals surface area (Å²) >= 11 is 0. The van der Waals surface area contributed by atoms with Gasteiger partial charge in [0.2, 0.25) is 0 Å². The molecule has 30 heavy (non-hydrogen) atoms. The van der Waals surface area contributed by atoms with Crippen molar-refractivity contribution in [3.63, 3.8) is 0 Å². The standard InChI is InChI=1S/C26H32N2.CH5P/c1-3-7-25-24(18-21-12-10-20(4-2)11-13-21)23-8-5-6-9-26(23)28(25)19-22-14-16-27-17-15-22;1-2/h4-6,8-13,22,27H,2-3,7,14-19H2,1H3;2H2,1H3. The van der Waals surface area contributed by atoms with Gasteiger partial charge in [-0.3, -0.25) is 0 Å². The first-order chi connectivity index (χ1) is 14.8. The van der Waals surface area contributed by atoms with E-state index in [2.05, 4.69) is 81.2 Å². The van der Waals surface area contributed by atoms with Crippen LogP contribution >= 0.6 is 9.24 Å². The number of piperidine rings is 1. The first-order valence-electron chi connectivity index (χ1n) is 11.4. The van der Waals surface area contributed by atoms with Gasteiger partial charge >= 0.3 is 0 Å². The molecule has 2 aromatic carbocycles. The van der Waals surface area contributed by atoms with E-state index < -0.39 is 0 Å². The molecule has 2 nitrogen and oxygen atoms in total. The largest absolute Gasteiger partial charge is 0.344 e. The summed E-state index contributed by atoms with van der Waals surface area (Å²) in [5, 5.41) is 4.95. The van der Waals surface area contributed by atoms with E-state index in [1.54, 1.807) is 5.69 Å². The number of fused-ring (bicyclic) bond motifs is 1. The topological polar surface area (TPSA) is 17.0 Å². The molecule has 1 saturated heterocycles. The molecule has 3 heteroatoms.